The third-order valence-electron chi connectivity index (χ3n) is 8.48. The molecule has 2 aromatic carbocycles. The number of ketones is 1. The van der Waals surface area contributed by atoms with E-state index in [-0.39, 0.29) is 34.4 Å². The molecular weight excluding hydrogens is 570 g/mol. The van der Waals surface area contributed by atoms with Crippen LogP contribution >= 0.6 is 23.4 Å². The number of hydrogen-bond acceptors (Lipinski definition) is 6. The molecule has 41 heavy (non-hydrogen) atoms. The minimum atomic E-state index is -0.850. The van der Waals surface area contributed by atoms with Crippen molar-refractivity contribution < 1.29 is 18.4 Å². The number of Topliss-reactive ketones (excluding diaryl/α,β-unsaturated/α-hetero) is 1. The molecule has 3 heterocycles. The summed E-state index contributed by atoms with van der Waals surface area (Å²) in [4.78, 5) is 47.4. The van der Waals surface area contributed by atoms with Gasteiger partial charge in [0.1, 0.15) is 23.2 Å². The van der Waals surface area contributed by atoms with Crippen LogP contribution in [0.2, 0.25) is 5.02 Å². The van der Waals surface area contributed by atoms with Gasteiger partial charge in [-0.25, -0.2) is 13.6 Å². The highest BCUT2D eigenvalue weighted by atomic mass is 35.5. The molecule has 1 aromatic heterocycles. The number of hydrogen-bond donors (Lipinski definition) is 0. The molecule has 0 radical (unpaired) electrons. The fourth-order valence-electron chi connectivity index (χ4n) is 6.74. The first-order valence-corrected chi connectivity index (χ1v) is 14.9. The number of piperazine rings is 1. The van der Waals surface area contributed by atoms with Crippen LogP contribution in [0.3, 0.4) is 0 Å². The summed E-state index contributed by atoms with van der Waals surface area (Å²) in [6.07, 6.45) is 2.04. The molecule has 2 atom stereocenters. The summed E-state index contributed by atoms with van der Waals surface area (Å²) in [7, 11) is 0. The second-order valence-corrected chi connectivity index (χ2v) is 13.0. The van der Waals surface area contributed by atoms with Crippen LogP contribution < -0.4 is 10.6 Å². The first-order valence-electron chi connectivity index (χ1n) is 13.5. The summed E-state index contributed by atoms with van der Waals surface area (Å²) < 4.78 is 31.0. The Bertz CT molecular complexity index is 1700. The number of carbonyl (C=O) groups excluding carboxylic acids is 2. The topological polar surface area (TPSA) is 75.5 Å². The van der Waals surface area contributed by atoms with Crippen molar-refractivity contribution in [3.8, 4) is 11.1 Å². The summed E-state index contributed by atoms with van der Waals surface area (Å²) in [5, 5.41) is 0.531. The number of carbonyl (C=O) groups is 2. The van der Waals surface area contributed by atoms with E-state index in [9.17, 15) is 18.8 Å². The molecule has 214 valence electrons. The monoisotopic (exact) mass is 598 g/mol. The molecule has 2 aliphatic heterocycles. The van der Waals surface area contributed by atoms with Crippen LogP contribution in [0, 0.1) is 24.0 Å². The van der Waals surface area contributed by atoms with Crippen LogP contribution in [-0.4, -0.2) is 57.1 Å². The molecule has 3 aliphatic rings. The standard InChI is InChI=1S/C30H29ClF2N4O3S/c1-5-24(39)37-16(3)11-35(12-17(37)4)28-20-6-15(2)25(19-7-21(31)23(33)8-22(19)32)27-26(20)36(29(40)34-28)13-30(14-41-27)9-18(38)10-30/h5-8,16-17H,1,9-14H2,2-4H3/t16-,17+. The molecule has 1 amide bonds. The van der Waals surface area contributed by atoms with Gasteiger partial charge in [0, 0.05) is 83.2 Å². The number of nitrogens with zero attached hydrogens (tertiary/aromatic N) is 4. The summed E-state index contributed by atoms with van der Waals surface area (Å²) in [6, 6.07) is 3.64. The highest BCUT2D eigenvalue weighted by Gasteiger charge is 2.46. The molecule has 11 heteroatoms. The Labute approximate surface area is 245 Å². The van der Waals surface area contributed by atoms with Crippen LogP contribution in [-0.2, 0) is 16.1 Å². The smallest absolute Gasteiger partial charge is 0.350 e. The van der Waals surface area contributed by atoms with E-state index in [1.54, 1.807) is 9.47 Å². The largest absolute Gasteiger partial charge is 0.352 e. The number of anilines is 1. The molecule has 0 bridgehead atoms. The molecule has 0 N–H and O–H groups in total. The molecular formula is C30H29ClF2N4O3S. The van der Waals surface area contributed by atoms with Crippen molar-refractivity contribution in [2.24, 2.45) is 5.41 Å². The average molecular weight is 599 g/mol. The molecule has 1 saturated heterocycles. The first-order chi connectivity index (χ1) is 19.4. The van der Waals surface area contributed by atoms with Gasteiger partial charge in [-0.15, -0.1) is 11.8 Å². The van der Waals surface area contributed by atoms with E-state index in [0.717, 1.165) is 17.0 Å². The van der Waals surface area contributed by atoms with Crippen LogP contribution in [0.5, 0.6) is 0 Å². The number of rotatable bonds is 3. The maximum absolute atomic E-state index is 15.3. The fourth-order valence-corrected chi connectivity index (χ4v) is 8.42. The summed E-state index contributed by atoms with van der Waals surface area (Å²) in [5.41, 5.74) is 1.17. The third-order valence-corrected chi connectivity index (χ3v) is 10.2. The SMILES string of the molecule is C=CC(=O)N1[C@H](C)CN(c2nc(=O)n3c4c(c(-c5cc(Cl)c(F)cc5F)c(C)cc24)SCC2(CC(=O)C2)C3)C[C@@H]1C. The quantitative estimate of drug-likeness (QED) is 0.298. The van der Waals surface area contributed by atoms with E-state index in [1.807, 2.05) is 31.7 Å². The van der Waals surface area contributed by atoms with Gasteiger partial charge in [0.05, 0.1) is 10.5 Å². The predicted octanol–water partition coefficient (Wildman–Crippen LogP) is 5.37. The maximum atomic E-state index is 15.3. The van der Waals surface area contributed by atoms with Gasteiger partial charge in [0.2, 0.25) is 5.91 Å². The molecule has 2 fully saturated rings. The lowest BCUT2D eigenvalue weighted by Gasteiger charge is -2.44. The Kier molecular flexibility index (Phi) is 6.77. The Morgan fingerprint density at radius 3 is 2.46 bits per heavy atom. The number of aromatic nitrogens is 2. The van der Waals surface area contributed by atoms with Gasteiger partial charge < -0.3 is 9.80 Å². The Hall–Kier alpha value is -3.24. The predicted molar refractivity (Wildman–Crippen MR) is 157 cm³/mol. The highest BCUT2D eigenvalue weighted by molar-refractivity contribution is 7.99. The zero-order valence-corrected chi connectivity index (χ0v) is 24.5. The summed E-state index contributed by atoms with van der Waals surface area (Å²) in [5.74, 6) is -0.541. The second kappa shape index (κ2) is 9.94. The van der Waals surface area contributed by atoms with Crippen molar-refractivity contribution in [1.82, 2.24) is 14.5 Å². The zero-order chi connectivity index (χ0) is 29.4. The number of aryl methyl sites for hydroxylation is 1. The van der Waals surface area contributed by atoms with Crippen LogP contribution in [0.25, 0.3) is 22.0 Å². The van der Waals surface area contributed by atoms with Crippen molar-refractivity contribution in [2.45, 2.75) is 57.1 Å². The van der Waals surface area contributed by atoms with E-state index in [4.69, 9.17) is 11.6 Å². The summed E-state index contributed by atoms with van der Waals surface area (Å²) >= 11 is 7.59. The molecule has 3 aromatic rings. The van der Waals surface area contributed by atoms with Gasteiger partial charge in [0.15, 0.2) is 0 Å². The van der Waals surface area contributed by atoms with Gasteiger partial charge in [-0.3, -0.25) is 14.2 Å². The lowest BCUT2D eigenvalue weighted by atomic mass is 9.69. The van der Waals surface area contributed by atoms with Gasteiger partial charge in [-0.1, -0.05) is 18.2 Å². The van der Waals surface area contributed by atoms with Crippen molar-refractivity contribution in [3.05, 3.63) is 63.6 Å². The summed E-state index contributed by atoms with van der Waals surface area (Å²) in [6.45, 7) is 10.6. The Morgan fingerprint density at radius 1 is 1.15 bits per heavy atom. The van der Waals surface area contributed by atoms with Crippen LogP contribution in [0.1, 0.15) is 32.3 Å². The fraction of sp³-hybridized carbons (Fsp3) is 0.400. The maximum Gasteiger partial charge on any atom is 0.350 e. The Morgan fingerprint density at radius 2 is 1.83 bits per heavy atom. The van der Waals surface area contributed by atoms with E-state index in [0.29, 0.717) is 60.0 Å². The van der Waals surface area contributed by atoms with Crippen molar-refractivity contribution >= 4 is 51.8 Å². The van der Waals surface area contributed by atoms with Gasteiger partial charge >= 0.3 is 5.69 Å². The number of benzene rings is 2. The lowest BCUT2D eigenvalue weighted by molar-refractivity contribution is -0.132. The van der Waals surface area contributed by atoms with Crippen molar-refractivity contribution in [2.75, 3.05) is 23.7 Å². The van der Waals surface area contributed by atoms with Crippen LogP contribution in [0.15, 0.2) is 40.5 Å². The number of thioether (sulfide) groups is 1. The minimum absolute atomic E-state index is 0.146. The van der Waals surface area contributed by atoms with Gasteiger partial charge in [-0.2, -0.15) is 4.98 Å². The Balaban J connectivity index is 1.59. The minimum Gasteiger partial charge on any atom is -0.352 e. The molecule has 1 aliphatic carbocycles. The molecule has 0 unspecified atom stereocenters. The highest BCUT2D eigenvalue weighted by Crippen LogP contribution is 2.51. The van der Waals surface area contributed by atoms with Crippen LogP contribution in [0.4, 0.5) is 14.6 Å². The normalized spacial score (nSPS) is 21.7. The molecule has 1 spiro atoms. The first kappa shape index (κ1) is 27.9. The lowest BCUT2D eigenvalue weighted by Crippen LogP contribution is -2.58. The molecule has 7 nitrogen and oxygen atoms in total. The molecule has 1 saturated carbocycles. The second-order valence-electron chi connectivity index (χ2n) is 11.6. The van der Waals surface area contributed by atoms with E-state index < -0.39 is 22.7 Å². The average Bonchev–Trinajstić information content (AvgIpc) is 3.06. The van der Waals surface area contributed by atoms with Gasteiger partial charge in [-0.05, 0) is 44.5 Å². The molecule has 6 rings (SSSR count). The van der Waals surface area contributed by atoms with Crippen molar-refractivity contribution in [1.29, 1.82) is 0 Å². The van der Waals surface area contributed by atoms with E-state index >= 15 is 4.39 Å². The zero-order valence-electron chi connectivity index (χ0n) is 23.0. The van der Waals surface area contributed by atoms with Gasteiger partial charge in [0.25, 0.3) is 0 Å². The number of halogens is 3. The number of amides is 1. The third kappa shape index (κ3) is 4.46. The van der Waals surface area contributed by atoms with Crippen molar-refractivity contribution in [3.63, 3.8) is 0 Å². The van der Waals surface area contributed by atoms with E-state index in [1.165, 1.54) is 23.9 Å². The van der Waals surface area contributed by atoms with E-state index in [2.05, 4.69) is 11.6 Å².